The van der Waals surface area contributed by atoms with Crippen molar-refractivity contribution in [3.63, 3.8) is 0 Å². The molecule has 6 nitrogen and oxygen atoms in total. The van der Waals surface area contributed by atoms with E-state index >= 15 is 0 Å². The molecular formula is C11H13N5OS. The first kappa shape index (κ1) is 12.4. The Kier molecular flexibility index (Phi) is 4.19. The summed E-state index contributed by atoms with van der Waals surface area (Å²) in [5.41, 5.74) is 1.58. The van der Waals surface area contributed by atoms with Gasteiger partial charge in [-0.1, -0.05) is 16.5 Å². The number of nitrogens with zero attached hydrogens (tertiary/aromatic N) is 3. The molecule has 1 aromatic heterocycles. The molecule has 0 saturated carbocycles. The van der Waals surface area contributed by atoms with Crippen molar-refractivity contribution in [3.05, 3.63) is 29.8 Å². The van der Waals surface area contributed by atoms with E-state index in [0.717, 1.165) is 30.2 Å². The molecule has 0 aliphatic rings. The lowest BCUT2D eigenvalue weighted by molar-refractivity contribution is 0.102. The molecule has 2 aromatic rings. The van der Waals surface area contributed by atoms with Gasteiger partial charge in [-0.15, -0.1) is 0 Å². The zero-order chi connectivity index (χ0) is 12.8. The van der Waals surface area contributed by atoms with Gasteiger partial charge in [-0.3, -0.25) is 10.1 Å². The Labute approximate surface area is 109 Å². The Morgan fingerprint density at radius 3 is 2.72 bits per heavy atom. The van der Waals surface area contributed by atoms with Gasteiger partial charge in [0.25, 0.3) is 5.91 Å². The highest BCUT2D eigenvalue weighted by Gasteiger charge is 2.08. The van der Waals surface area contributed by atoms with Gasteiger partial charge in [0.05, 0.1) is 0 Å². The van der Waals surface area contributed by atoms with Gasteiger partial charge < -0.3 is 5.32 Å². The summed E-state index contributed by atoms with van der Waals surface area (Å²) >= 11 is 1.04. The van der Waals surface area contributed by atoms with Crippen molar-refractivity contribution in [1.29, 1.82) is 0 Å². The number of amides is 1. The van der Waals surface area contributed by atoms with Gasteiger partial charge in [0.1, 0.15) is 0 Å². The van der Waals surface area contributed by atoms with Crippen LogP contribution in [0, 0.1) is 0 Å². The highest BCUT2D eigenvalue weighted by Crippen LogP contribution is 2.12. The number of carbonyl (C=O) groups excluding carboxylic acids is 1. The van der Waals surface area contributed by atoms with E-state index in [2.05, 4.69) is 32.4 Å². The van der Waals surface area contributed by atoms with E-state index < -0.39 is 0 Å². The molecule has 0 aliphatic heterocycles. The minimum absolute atomic E-state index is 0.212. The Morgan fingerprint density at radius 2 is 2.11 bits per heavy atom. The molecule has 2 rings (SSSR count). The molecule has 7 heteroatoms. The molecule has 1 heterocycles. The highest BCUT2D eigenvalue weighted by atomic mass is 32.1. The Balaban J connectivity index is 1.98. The van der Waals surface area contributed by atoms with E-state index in [0.29, 0.717) is 10.7 Å². The maximum Gasteiger partial charge on any atom is 0.257 e. The average molecular weight is 263 g/mol. The molecule has 0 bridgehead atoms. The molecule has 0 fully saturated rings. The van der Waals surface area contributed by atoms with Gasteiger partial charge >= 0.3 is 0 Å². The van der Waals surface area contributed by atoms with E-state index in [9.17, 15) is 4.79 Å². The lowest BCUT2D eigenvalue weighted by Gasteiger charge is -2.05. The second kappa shape index (κ2) is 6.06. The molecule has 0 aliphatic carbocycles. The number of rotatable bonds is 5. The maximum absolute atomic E-state index is 11.8. The summed E-state index contributed by atoms with van der Waals surface area (Å²) in [4.78, 5) is 11.8. The van der Waals surface area contributed by atoms with Crippen LogP contribution in [0.4, 0.5) is 10.8 Å². The maximum atomic E-state index is 11.8. The molecule has 0 atom stereocenters. The summed E-state index contributed by atoms with van der Waals surface area (Å²) in [5.74, 6) is -0.212. The highest BCUT2D eigenvalue weighted by molar-refractivity contribution is 7.09. The van der Waals surface area contributed by atoms with Crippen molar-refractivity contribution in [2.45, 2.75) is 13.3 Å². The Bertz CT molecular complexity index is 497. The van der Waals surface area contributed by atoms with E-state index in [-0.39, 0.29) is 5.91 Å². The lowest BCUT2D eigenvalue weighted by Crippen LogP contribution is -2.11. The van der Waals surface area contributed by atoms with Crippen LogP contribution < -0.4 is 10.6 Å². The van der Waals surface area contributed by atoms with Crippen molar-refractivity contribution in [2.24, 2.45) is 0 Å². The van der Waals surface area contributed by atoms with Crippen LogP contribution in [-0.2, 0) is 0 Å². The summed E-state index contributed by atoms with van der Waals surface area (Å²) in [5, 5.41) is 13.3. The Morgan fingerprint density at radius 1 is 1.33 bits per heavy atom. The van der Waals surface area contributed by atoms with E-state index in [1.807, 2.05) is 12.1 Å². The van der Waals surface area contributed by atoms with Crippen molar-refractivity contribution in [3.8, 4) is 0 Å². The average Bonchev–Trinajstić information content (AvgIpc) is 2.89. The fraction of sp³-hybridized carbons (Fsp3) is 0.273. The minimum Gasteiger partial charge on any atom is -0.385 e. The number of anilines is 2. The molecule has 0 unspecified atom stereocenters. The van der Waals surface area contributed by atoms with Gasteiger partial charge in [0.2, 0.25) is 5.13 Å². The zero-order valence-electron chi connectivity index (χ0n) is 9.88. The molecule has 18 heavy (non-hydrogen) atoms. The molecule has 1 aromatic carbocycles. The molecular weight excluding hydrogens is 250 g/mol. The van der Waals surface area contributed by atoms with Gasteiger partial charge in [-0.25, -0.2) is 0 Å². The van der Waals surface area contributed by atoms with Crippen LogP contribution in [0.15, 0.2) is 24.3 Å². The number of hydrogen-bond donors (Lipinski definition) is 2. The molecule has 94 valence electrons. The normalized spacial score (nSPS) is 10.1. The van der Waals surface area contributed by atoms with Crippen molar-refractivity contribution < 1.29 is 4.79 Å². The third-order valence-corrected chi connectivity index (χ3v) is 2.76. The van der Waals surface area contributed by atoms with Crippen LogP contribution in [-0.4, -0.2) is 27.3 Å². The van der Waals surface area contributed by atoms with Crippen LogP contribution >= 0.6 is 11.5 Å². The molecule has 1 amide bonds. The summed E-state index contributed by atoms with van der Waals surface area (Å²) in [6.45, 7) is 3.02. The van der Waals surface area contributed by atoms with Gasteiger partial charge in [-0.05, 0) is 35.9 Å². The zero-order valence-corrected chi connectivity index (χ0v) is 10.7. The first-order chi connectivity index (χ1) is 8.79. The summed E-state index contributed by atoms with van der Waals surface area (Å²) in [7, 11) is 0. The Hall–Kier alpha value is -2.02. The van der Waals surface area contributed by atoms with Crippen LogP contribution in [0.2, 0.25) is 0 Å². The van der Waals surface area contributed by atoms with Crippen LogP contribution in [0.25, 0.3) is 0 Å². The number of hydrogen-bond acceptors (Lipinski definition) is 6. The first-order valence-corrected chi connectivity index (χ1v) is 6.37. The molecule has 0 saturated heterocycles. The number of aromatic nitrogens is 3. The van der Waals surface area contributed by atoms with E-state index in [1.54, 1.807) is 12.1 Å². The first-order valence-electron chi connectivity index (χ1n) is 5.60. The summed E-state index contributed by atoms with van der Waals surface area (Å²) < 4.78 is 3.57. The van der Waals surface area contributed by atoms with E-state index in [4.69, 9.17) is 0 Å². The standard InChI is InChI=1S/C11H13N5OS/c1-2-7-12-9-5-3-8(4-6-9)10(17)13-11-14-15-16-18-11/h3-6,12H,2,7H2,1H3,(H,13,14,16,17). The van der Waals surface area contributed by atoms with Crippen LogP contribution in [0.1, 0.15) is 23.7 Å². The molecule has 0 radical (unpaired) electrons. The number of benzene rings is 1. The third-order valence-electron chi connectivity index (χ3n) is 2.25. The second-order valence-corrected chi connectivity index (χ2v) is 4.36. The fourth-order valence-corrected chi connectivity index (χ4v) is 1.72. The van der Waals surface area contributed by atoms with Crippen LogP contribution in [0.3, 0.4) is 0 Å². The second-order valence-electron chi connectivity index (χ2n) is 3.63. The molecule has 2 N–H and O–H groups in total. The number of nitrogens with one attached hydrogen (secondary N) is 2. The van der Waals surface area contributed by atoms with Gasteiger partial charge in [-0.2, -0.15) is 0 Å². The smallest absolute Gasteiger partial charge is 0.257 e. The lowest BCUT2D eigenvalue weighted by atomic mass is 10.2. The van der Waals surface area contributed by atoms with E-state index in [1.165, 1.54) is 0 Å². The quantitative estimate of drug-likeness (QED) is 0.862. The predicted octanol–water partition coefficient (Wildman–Crippen LogP) is 2.01. The van der Waals surface area contributed by atoms with Crippen molar-refractivity contribution in [1.82, 2.24) is 14.8 Å². The summed E-state index contributed by atoms with van der Waals surface area (Å²) in [6, 6.07) is 7.29. The topological polar surface area (TPSA) is 79.8 Å². The van der Waals surface area contributed by atoms with Gasteiger partial charge in [0, 0.05) is 29.3 Å². The largest absolute Gasteiger partial charge is 0.385 e. The van der Waals surface area contributed by atoms with Crippen LogP contribution in [0.5, 0.6) is 0 Å². The predicted molar refractivity (Wildman–Crippen MR) is 70.9 cm³/mol. The summed E-state index contributed by atoms with van der Waals surface area (Å²) in [6.07, 6.45) is 1.06. The SMILES string of the molecule is CCCNc1ccc(C(=O)Nc2nnns2)cc1. The third kappa shape index (κ3) is 3.24. The molecule has 0 spiro atoms. The van der Waals surface area contributed by atoms with Gasteiger partial charge in [0.15, 0.2) is 0 Å². The minimum atomic E-state index is -0.212. The number of carbonyl (C=O) groups is 1. The monoisotopic (exact) mass is 263 g/mol. The van der Waals surface area contributed by atoms with Crippen molar-refractivity contribution >= 4 is 28.3 Å². The van der Waals surface area contributed by atoms with Crippen molar-refractivity contribution in [2.75, 3.05) is 17.2 Å². The fourth-order valence-electron chi connectivity index (χ4n) is 1.36.